The van der Waals surface area contributed by atoms with Gasteiger partial charge in [-0.25, -0.2) is 14.1 Å². The molecule has 4 amide bonds. The van der Waals surface area contributed by atoms with Gasteiger partial charge in [0.2, 0.25) is 0 Å². The number of carbonyl (C=O) groups is 3. The molecule has 2 aromatic rings. The molecular formula is C19H14ClFN2O5. The van der Waals surface area contributed by atoms with E-state index in [1.54, 1.807) is 6.92 Å². The molecule has 2 N–H and O–H groups in total. The number of nitrogens with zero attached hydrogens (tertiary/aromatic N) is 1. The Hall–Kier alpha value is -3.39. The molecule has 0 saturated carbocycles. The smallest absolute Gasteiger partial charge is 0.336 e. The lowest BCUT2D eigenvalue weighted by Gasteiger charge is -2.26. The lowest BCUT2D eigenvalue weighted by Crippen LogP contribution is -2.54. The monoisotopic (exact) mass is 404 g/mol. The zero-order chi connectivity index (χ0) is 20.4. The van der Waals surface area contributed by atoms with E-state index in [2.05, 4.69) is 0 Å². The number of benzene rings is 2. The number of phenolic OH excluding ortho intramolecular Hbond substituents is 1. The van der Waals surface area contributed by atoms with Gasteiger partial charge in [-0.1, -0.05) is 23.7 Å². The number of urea groups is 1. The average molecular weight is 405 g/mol. The molecule has 1 saturated heterocycles. The van der Waals surface area contributed by atoms with E-state index in [0.29, 0.717) is 4.90 Å². The lowest BCUT2D eigenvalue weighted by molar-refractivity contribution is -0.122. The average Bonchev–Trinajstić information content (AvgIpc) is 2.64. The zero-order valence-corrected chi connectivity index (χ0v) is 15.3. The quantitative estimate of drug-likeness (QED) is 0.602. The largest absolute Gasteiger partial charge is 0.503 e. The number of imide groups is 2. The summed E-state index contributed by atoms with van der Waals surface area (Å²) in [6, 6.07) is 6.82. The predicted molar refractivity (Wildman–Crippen MR) is 99.7 cm³/mol. The van der Waals surface area contributed by atoms with Crippen molar-refractivity contribution in [2.24, 2.45) is 0 Å². The van der Waals surface area contributed by atoms with Crippen molar-refractivity contribution in [1.82, 2.24) is 5.32 Å². The standard InChI is InChI=1S/C19H14ClFN2O5/c1-2-28-15-9-10(8-12(20)16(15)24)7-11-17(25)22-19(27)23(18(11)26)14-6-4-3-5-13(14)21/h3-9,24H,2H2,1H3,(H,22,25,27)/b11-7-. The maximum Gasteiger partial charge on any atom is 0.336 e. The fourth-order valence-electron chi connectivity index (χ4n) is 2.62. The van der Waals surface area contributed by atoms with Crippen molar-refractivity contribution in [3.05, 3.63) is 58.4 Å². The Balaban J connectivity index is 2.06. The molecule has 0 spiro atoms. The normalized spacial score (nSPS) is 15.8. The Morgan fingerprint density at radius 2 is 1.96 bits per heavy atom. The summed E-state index contributed by atoms with van der Waals surface area (Å²) in [5.74, 6) is -2.96. The van der Waals surface area contributed by atoms with E-state index < -0.39 is 29.2 Å². The number of halogens is 2. The minimum absolute atomic E-state index is 0.0523. The molecule has 0 unspecified atom stereocenters. The second-order valence-electron chi connectivity index (χ2n) is 5.69. The Morgan fingerprint density at radius 3 is 2.64 bits per heavy atom. The molecule has 1 aliphatic rings. The number of carbonyl (C=O) groups excluding carboxylic acids is 3. The molecule has 144 valence electrons. The van der Waals surface area contributed by atoms with Gasteiger partial charge < -0.3 is 9.84 Å². The van der Waals surface area contributed by atoms with E-state index in [-0.39, 0.29) is 34.4 Å². The third kappa shape index (κ3) is 3.54. The van der Waals surface area contributed by atoms with E-state index in [1.165, 1.54) is 36.4 Å². The fourth-order valence-corrected chi connectivity index (χ4v) is 2.84. The van der Waals surface area contributed by atoms with E-state index in [9.17, 15) is 23.9 Å². The van der Waals surface area contributed by atoms with Crippen LogP contribution in [0.15, 0.2) is 42.0 Å². The number of nitrogens with one attached hydrogen (secondary N) is 1. The minimum atomic E-state index is -1.06. The summed E-state index contributed by atoms with van der Waals surface area (Å²) in [5, 5.41) is 11.8. The maximum absolute atomic E-state index is 14.1. The third-order valence-corrected chi connectivity index (χ3v) is 4.14. The highest BCUT2D eigenvalue weighted by atomic mass is 35.5. The number of hydrogen-bond donors (Lipinski definition) is 2. The highest BCUT2D eigenvalue weighted by molar-refractivity contribution is 6.39. The van der Waals surface area contributed by atoms with Crippen LogP contribution in [0.1, 0.15) is 12.5 Å². The Bertz CT molecular complexity index is 1020. The van der Waals surface area contributed by atoms with Crippen molar-refractivity contribution >= 4 is 41.2 Å². The summed E-state index contributed by atoms with van der Waals surface area (Å²) in [7, 11) is 0. The molecule has 1 aliphatic heterocycles. The van der Waals surface area contributed by atoms with Crippen LogP contribution in [0.4, 0.5) is 14.9 Å². The van der Waals surface area contributed by atoms with Crippen molar-refractivity contribution < 1.29 is 28.6 Å². The van der Waals surface area contributed by atoms with Crippen molar-refractivity contribution in [2.75, 3.05) is 11.5 Å². The van der Waals surface area contributed by atoms with Crippen LogP contribution >= 0.6 is 11.6 Å². The van der Waals surface area contributed by atoms with Gasteiger partial charge >= 0.3 is 6.03 Å². The Labute approximate surface area is 164 Å². The molecule has 7 nitrogen and oxygen atoms in total. The van der Waals surface area contributed by atoms with Gasteiger partial charge in [0.1, 0.15) is 11.4 Å². The topological polar surface area (TPSA) is 95.9 Å². The van der Waals surface area contributed by atoms with Crippen LogP contribution in [-0.4, -0.2) is 29.6 Å². The van der Waals surface area contributed by atoms with Crippen LogP contribution in [-0.2, 0) is 9.59 Å². The van der Waals surface area contributed by atoms with Crippen molar-refractivity contribution in [3.63, 3.8) is 0 Å². The molecule has 1 fully saturated rings. The summed E-state index contributed by atoms with van der Waals surface area (Å²) >= 11 is 5.95. The second-order valence-corrected chi connectivity index (χ2v) is 6.10. The molecule has 0 atom stereocenters. The molecule has 1 heterocycles. The first-order valence-electron chi connectivity index (χ1n) is 8.14. The first kappa shape index (κ1) is 19.4. The van der Waals surface area contributed by atoms with Crippen molar-refractivity contribution in [3.8, 4) is 11.5 Å². The summed E-state index contributed by atoms with van der Waals surface area (Å²) in [6.45, 7) is 1.95. The number of phenols is 1. The van der Waals surface area contributed by atoms with Crippen molar-refractivity contribution in [2.45, 2.75) is 6.92 Å². The van der Waals surface area contributed by atoms with Crippen LogP contribution in [0.2, 0.25) is 5.02 Å². The highest BCUT2D eigenvalue weighted by Crippen LogP contribution is 2.36. The molecule has 0 bridgehead atoms. The first-order chi connectivity index (χ1) is 13.3. The fraction of sp³-hybridized carbons (Fsp3) is 0.105. The Kier molecular flexibility index (Phi) is 5.32. The Morgan fingerprint density at radius 1 is 1.25 bits per heavy atom. The number of aromatic hydroxyl groups is 1. The number of amides is 4. The van der Waals surface area contributed by atoms with Crippen LogP contribution in [0.3, 0.4) is 0 Å². The van der Waals surface area contributed by atoms with Gasteiger partial charge in [-0.05, 0) is 42.8 Å². The van der Waals surface area contributed by atoms with E-state index in [4.69, 9.17) is 16.3 Å². The number of anilines is 1. The molecule has 2 aromatic carbocycles. The first-order valence-corrected chi connectivity index (χ1v) is 8.52. The minimum Gasteiger partial charge on any atom is -0.503 e. The van der Waals surface area contributed by atoms with Gasteiger partial charge in [-0.3, -0.25) is 14.9 Å². The summed E-state index contributed by atoms with van der Waals surface area (Å²) in [4.78, 5) is 37.6. The molecule has 0 aromatic heterocycles. The van der Waals surface area contributed by atoms with Gasteiger partial charge in [-0.2, -0.15) is 0 Å². The number of para-hydroxylation sites is 1. The number of rotatable bonds is 4. The summed E-state index contributed by atoms with van der Waals surface area (Å²) in [6.07, 6.45) is 1.17. The number of hydrogen-bond acceptors (Lipinski definition) is 5. The van der Waals surface area contributed by atoms with Crippen LogP contribution in [0.5, 0.6) is 11.5 Å². The second kappa shape index (κ2) is 7.69. The molecule has 3 rings (SSSR count). The van der Waals surface area contributed by atoms with Gasteiger partial charge in [0.15, 0.2) is 11.5 Å². The van der Waals surface area contributed by atoms with Crippen LogP contribution in [0.25, 0.3) is 6.08 Å². The molecule has 9 heteroatoms. The van der Waals surface area contributed by atoms with Gasteiger partial charge in [-0.15, -0.1) is 0 Å². The van der Waals surface area contributed by atoms with E-state index in [1.807, 2.05) is 5.32 Å². The third-order valence-electron chi connectivity index (χ3n) is 3.86. The molecule has 28 heavy (non-hydrogen) atoms. The zero-order valence-electron chi connectivity index (χ0n) is 14.5. The van der Waals surface area contributed by atoms with Crippen LogP contribution in [0, 0.1) is 5.82 Å². The molecular weight excluding hydrogens is 391 g/mol. The molecule has 0 aliphatic carbocycles. The van der Waals surface area contributed by atoms with Crippen LogP contribution < -0.4 is 15.0 Å². The summed E-state index contributed by atoms with van der Waals surface area (Å²) in [5.41, 5.74) is -0.429. The number of ether oxygens (including phenoxy) is 1. The van der Waals surface area contributed by atoms with Gasteiger partial charge in [0.05, 0.1) is 17.3 Å². The van der Waals surface area contributed by atoms with E-state index >= 15 is 0 Å². The predicted octanol–water partition coefficient (Wildman–Crippen LogP) is 3.25. The maximum atomic E-state index is 14.1. The van der Waals surface area contributed by atoms with E-state index in [0.717, 1.165) is 6.07 Å². The number of barbiturate groups is 1. The van der Waals surface area contributed by atoms with Gasteiger partial charge in [0.25, 0.3) is 11.8 Å². The lowest BCUT2D eigenvalue weighted by atomic mass is 10.1. The van der Waals surface area contributed by atoms with Gasteiger partial charge in [0, 0.05) is 0 Å². The summed E-state index contributed by atoms with van der Waals surface area (Å²) < 4.78 is 19.3. The van der Waals surface area contributed by atoms with Crippen molar-refractivity contribution in [1.29, 1.82) is 0 Å². The molecule has 0 radical (unpaired) electrons. The highest BCUT2D eigenvalue weighted by Gasteiger charge is 2.38. The SMILES string of the molecule is CCOc1cc(/C=C2/C(=O)NC(=O)N(c3ccccc3F)C2=O)cc(Cl)c1O.